The summed E-state index contributed by atoms with van der Waals surface area (Å²) < 4.78 is 0. The summed E-state index contributed by atoms with van der Waals surface area (Å²) >= 11 is 1.43. The minimum absolute atomic E-state index is 0.0560. The number of hydrogen-bond donors (Lipinski definition) is 0. The number of nitrogens with zero attached hydrogens (tertiary/aromatic N) is 3. The lowest BCUT2D eigenvalue weighted by Gasteiger charge is -2.35. The van der Waals surface area contributed by atoms with Crippen LogP contribution in [0.2, 0.25) is 0 Å². The molecule has 2 aromatic heterocycles. The fourth-order valence-electron chi connectivity index (χ4n) is 2.66. The number of amides is 1. The maximum atomic E-state index is 12.3. The fraction of sp³-hybridized carbons (Fsp3) is 0.353. The maximum Gasteiger partial charge on any atom is 0.223 e. The number of pyridine rings is 1. The highest BCUT2D eigenvalue weighted by atomic mass is 32.1. The van der Waals surface area contributed by atoms with Crippen molar-refractivity contribution in [1.82, 2.24) is 9.88 Å². The van der Waals surface area contributed by atoms with Crippen LogP contribution in [0.4, 0.5) is 5.82 Å². The molecule has 0 unspecified atom stereocenters. The molecule has 0 N–H and O–H groups in total. The Morgan fingerprint density at radius 1 is 1.04 bits per heavy atom. The van der Waals surface area contributed by atoms with Crippen molar-refractivity contribution in [3.8, 4) is 0 Å². The smallest absolute Gasteiger partial charge is 0.223 e. The molecule has 1 amide bonds. The first kappa shape index (κ1) is 15.7. The Bertz CT molecular complexity index is 650. The summed E-state index contributed by atoms with van der Waals surface area (Å²) in [5, 5.41) is 1.88. The van der Waals surface area contributed by atoms with Crippen LogP contribution < -0.4 is 4.90 Å². The number of anilines is 1. The molecule has 0 saturated carbocycles. The van der Waals surface area contributed by atoms with Gasteiger partial charge >= 0.3 is 0 Å². The van der Waals surface area contributed by atoms with Crippen LogP contribution in [-0.4, -0.2) is 47.8 Å². The third kappa shape index (κ3) is 3.96. The lowest BCUT2D eigenvalue weighted by molar-refractivity contribution is -0.131. The molecule has 0 atom stereocenters. The third-order valence-electron chi connectivity index (χ3n) is 3.97. The summed E-state index contributed by atoms with van der Waals surface area (Å²) in [7, 11) is 0. The van der Waals surface area contributed by atoms with Gasteiger partial charge in [0.05, 0.1) is 4.88 Å². The molecule has 6 heteroatoms. The van der Waals surface area contributed by atoms with Crippen molar-refractivity contribution in [1.29, 1.82) is 0 Å². The number of carbonyl (C=O) groups excluding carboxylic acids is 2. The van der Waals surface area contributed by atoms with E-state index in [1.54, 1.807) is 6.20 Å². The van der Waals surface area contributed by atoms with Crippen LogP contribution in [0.1, 0.15) is 22.5 Å². The summed E-state index contributed by atoms with van der Waals surface area (Å²) in [5.74, 6) is 1.07. The minimum Gasteiger partial charge on any atom is -0.353 e. The molecular formula is C17H19N3O2S. The van der Waals surface area contributed by atoms with E-state index in [4.69, 9.17) is 0 Å². The number of aromatic nitrogens is 1. The van der Waals surface area contributed by atoms with E-state index in [1.165, 1.54) is 11.3 Å². The summed E-state index contributed by atoms with van der Waals surface area (Å²) in [6.45, 7) is 2.93. The molecule has 3 heterocycles. The number of rotatable bonds is 5. The van der Waals surface area contributed by atoms with Gasteiger partial charge in [-0.15, -0.1) is 11.3 Å². The number of ketones is 1. The van der Waals surface area contributed by atoms with Crippen molar-refractivity contribution in [2.45, 2.75) is 12.8 Å². The van der Waals surface area contributed by atoms with Crippen molar-refractivity contribution in [3.05, 3.63) is 46.8 Å². The molecule has 1 fully saturated rings. The van der Waals surface area contributed by atoms with Crippen molar-refractivity contribution >= 4 is 28.8 Å². The maximum absolute atomic E-state index is 12.3. The lowest BCUT2D eigenvalue weighted by atomic mass is 10.1. The summed E-state index contributed by atoms with van der Waals surface area (Å²) in [5.41, 5.74) is 0. The van der Waals surface area contributed by atoms with Crippen LogP contribution >= 0.6 is 11.3 Å². The van der Waals surface area contributed by atoms with Crippen LogP contribution in [0, 0.1) is 0 Å². The molecule has 0 radical (unpaired) electrons. The van der Waals surface area contributed by atoms with E-state index in [1.807, 2.05) is 40.6 Å². The molecule has 0 aliphatic carbocycles. The fourth-order valence-corrected chi connectivity index (χ4v) is 3.36. The third-order valence-corrected chi connectivity index (χ3v) is 4.88. The Morgan fingerprint density at radius 2 is 1.87 bits per heavy atom. The number of hydrogen-bond acceptors (Lipinski definition) is 5. The molecule has 1 saturated heterocycles. The second kappa shape index (κ2) is 7.37. The highest BCUT2D eigenvalue weighted by Gasteiger charge is 2.22. The van der Waals surface area contributed by atoms with E-state index in [2.05, 4.69) is 9.88 Å². The monoisotopic (exact) mass is 329 g/mol. The Hall–Kier alpha value is -2.21. The summed E-state index contributed by atoms with van der Waals surface area (Å²) in [4.78, 5) is 33.3. The number of Topliss-reactive ketones (excluding diaryl/α,β-unsaturated/α-hetero) is 1. The van der Waals surface area contributed by atoms with Crippen LogP contribution in [0.3, 0.4) is 0 Å². The lowest BCUT2D eigenvalue weighted by Crippen LogP contribution is -2.49. The predicted molar refractivity (Wildman–Crippen MR) is 90.9 cm³/mol. The zero-order chi connectivity index (χ0) is 16.1. The molecule has 0 aromatic carbocycles. The van der Waals surface area contributed by atoms with E-state index in [0.717, 1.165) is 23.8 Å². The van der Waals surface area contributed by atoms with Gasteiger partial charge in [-0.1, -0.05) is 12.1 Å². The van der Waals surface area contributed by atoms with Gasteiger partial charge in [-0.05, 0) is 23.6 Å². The van der Waals surface area contributed by atoms with E-state index in [0.29, 0.717) is 25.9 Å². The molecule has 23 heavy (non-hydrogen) atoms. The summed E-state index contributed by atoms with van der Waals surface area (Å²) in [6.07, 6.45) is 2.36. The Morgan fingerprint density at radius 3 is 2.52 bits per heavy atom. The topological polar surface area (TPSA) is 53.5 Å². The zero-order valence-electron chi connectivity index (χ0n) is 12.9. The van der Waals surface area contributed by atoms with E-state index >= 15 is 0 Å². The molecule has 0 bridgehead atoms. The second-order valence-electron chi connectivity index (χ2n) is 5.46. The normalized spacial score (nSPS) is 14.8. The van der Waals surface area contributed by atoms with Crippen molar-refractivity contribution in [3.63, 3.8) is 0 Å². The number of piperazine rings is 1. The molecule has 5 nitrogen and oxygen atoms in total. The zero-order valence-corrected chi connectivity index (χ0v) is 13.7. The first-order valence-electron chi connectivity index (χ1n) is 7.74. The molecule has 2 aromatic rings. The van der Waals surface area contributed by atoms with E-state index in [9.17, 15) is 9.59 Å². The molecule has 3 rings (SSSR count). The Kier molecular flexibility index (Phi) is 5.02. The van der Waals surface area contributed by atoms with Crippen LogP contribution in [0.5, 0.6) is 0 Å². The van der Waals surface area contributed by atoms with Crippen LogP contribution in [0.25, 0.3) is 0 Å². The quantitative estimate of drug-likeness (QED) is 0.791. The SMILES string of the molecule is O=C(CCC(=O)N1CCN(c2ccccn2)CC1)c1cccs1. The second-order valence-corrected chi connectivity index (χ2v) is 6.40. The minimum atomic E-state index is 0.0560. The highest BCUT2D eigenvalue weighted by Crippen LogP contribution is 2.15. The Balaban J connectivity index is 1.46. The molecule has 0 spiro atoms. The van der Waals surface area contributed by atoms with Gasteiger partial charge in [0.2, 0.25) is 5.91 Å². The van der Waals surface area contributed by atoms with E-state index < -0.39 is 0 Å². The van der Waals surface area contributed by atoms with Gasteiger partial charge in [0.25, 0.3) is 0 Å². The van der Waals surface area contributed by atoms with Gasteiger partial charge in [0.1, 0.15) is 5.82 Å². The van der Waals surface area contributed by atoms with Crippen LogP contribution in [-0.2, 0) is 4.79 Å². The van der Waals surface area contributed by atoms with Gasteiger partial charge in [-0.25, -0.2) is 4.98 Å². The molecule has 1 aliphatic rings. The van der Waals surface area contributed by atoms with Gasteiger partial charge in [0, 0.05) is 45.2 Å². The van der Waals surface area contributed by atoms with Gasteiger partial charge in [0.15, 0.2) is 5.78 Å². The van der Waals surface area contributed by atoms with Gasteiger partial charge in [-0.3, -0.25) is 9.59 Å². The van der Waals surface area contributed by atoms with E-state index in [-0.39, 0.29) is 11.7 Å². The summed E-state index contributed by atoms with van der Waals surface area (Å²) in [6, 6.07) is 9.51. The first-order chi connectivity index (χ1) is 11.2. The average molecular weight is 329 g/mol. The highest BCUT2D eigenvalue weighted by molar-refractivity contribution is 7.12. The first-order valence-corrected chi connectivity index (χ1v) is 8.62. The van der Waals surface area contributed by atoms with Gasteiger partial charge < -0.3 is 9.80 Å². The van der Waals surface area contributed by atoms with Crippen molar-refractivity contribution < 1.29 is 9.59 Å². The molecule has 1 aliphatic heterocycles. The molecular weight excluding hydrogens is 310 g/mol. The predicted octanol–water partition coefficient (Wildman–Crippen LogP) is 2.45. The van der Waals surface area contributed by atoms with Crippen molar-refractivity contribution in [2.24, 2.45) is 0 Å². The number of carbonyl (C=O) groups is 2. The van der Waals surface area contributed by atoms with Gasteiger partial charge in [-0.2, -0.15) is 0 Å². The largest absolute Gasteiger partial charge is 0.353 e. The molecule has 120 valence electrons. The average Bonchev–Trinajstić information content (AvgIpc) is 3.15. The van der Waals surface area contributed by atoms with Crippen molar-refractivity contribution in [2.75, 3.05) is 31.1 Å². The van der Waals surface area contributed by atoms with Crippen LogP contribution in [0.15, 0.2) is 41.9 Å². The Labute approximate surface area is 139 Å². The number of thiophene rings is 1. The standard InChI is InChI=1S/C17H19N3O2S/c21-14(15-4-3-13-23-15)6-7-17(22)20-11-9-19(10-12-20)16-5-1-2-8-18-16/h1-5,8,13H,6-7,9-12H2.